The summed E-state index contributed by atoms with van der Waals surface area (Å²) < 4.78 is 0. The van der Waals surface area contributed by atoms with Crippen molar-refractivity contribution in [2.75, 3.05) is 13.1 Å². The van der Waals surface area contributed by atoms with Crippen molar-refractivity contribution in [3.63, 3.8) is 0 Å². The van der Waals surface area contributed by atoms with Gasteiger partial charge in [0.15, 0.2) is 5.82 Å². The van der Waals surface area contributed by atoms with E-state index in [1.807, 2.05) is 48.9 Å². The number of hydrogen-bond donors (Lipinski definition) is 1. The maximum atomic E-state index is 4.97. The van der Waals surface area contributed by atoms with E-state index in [2.05, 4.69) is 27.4 Å². The van der Waals surface area contributed by atoms with Crippen molar-refractivity contribution in [3.05, 3.63) is 66.7 Å². The van der Waals surface area contributed by atoms with Gasteiger partial charge < -0.3 is 5.32 Å². The normalized spacial score (nSPS) is 17.6. The lowest BCUT2D eigenvalue weighted by Crippen LogP contribution is -2.29. The average molecular weight is 316 g/mol. The van der Waals surface area contributed by atoms with Crippen LogP contribution >= 0.6 is 0 Å². The molecule has 1 aliphatic rings. The Balaban J connectivity index is 1.81. The number of benzene rings is 1. The molecule has 1 aromatic carbocycles. The Hall–Kier alpha value is -2.59. The van der Waals surface area contributed by atoms with Crippen LogP contribution < -0.4 is 5.32 Å². The lowest BCUT2D eigenvalue weighted by Gasteiger charge is -2.24. The van der Waals surface area contributed by atoms with Gasteiger partial charge in [-0.3, -0.25) is 4.98 Å². The van der Waals surface area contributed by atoms with Crippen LogP contribution in [0.25, 0.3) is 22.5 Å². The van der Waals surface area contributed by atoms with E-state index in [1.54, 1.807) is 0 Å². The molecule has 4 heteroatoms. The molecule has 0 bridgehead atoms. The minimum atomic E-state index is 0.423. The molecule has 4 rings (SSSR count). The van der Waals surface area contributed by atoms with Gasteiger partial charge in [0.25, 0.3) is 0 Å². The van der Waals surface area contributed by atoms with Crippen LogP contribution in [0, 0.1) is 0 Å². The van der Waals surface area contributed by atoms with Gasteiger partial charge in [-0.15, -0.1) is 0 Å². The zero-order valence-corrected chi connectivity index (χ0v) is 13.5. The summed E-state index contributed by atoms with van der Waals surface area (Å²) in [5.74, 6) is 1.22. The van der Waals surface area contributed by atoms with Gasteiger partial charge in [0.2, 0.25) is 0 Å². The second-order valence-electron chi connectivity index (χ2n) is 6.14. The Labute approximate surface area is 142 Å². The van der Waals surface area contributed by atoms with Crippen molar-refractivity contribution in [1.29, 1.82) is 0 Å². The van der Waals surface area contributed by atoms with E-state index in [1.165, 1.54) is 6.42 Å². The van der Waals surface area contributed by atoms with Crippen LogP contribution in [-0.2, 0) is 0 Å². The molecule has 2 aromatic heterocycles. The molecule has 1 aliphatic heterocycles. The zero-order chi connectivity index (χ0) is 16.2. The van der Waals surface area contributed by atoms with Crippen molar-refractivity contribution in [1.82, 2.24) is 20.3 Å². The molecule has 4 nitrogen and oxygen atoms in total. The van der Waals surface area contributed by atoms with Crippen LogP contribution in [0.4, 0.5) is 0 Å². The van der Waals surface area contributed by atoms with E-state index in [9.17, 15) is 0 Å². The molecule has 0 unspecified atom stereocenters. The predicted octanol–water partition coefficient (Wildman–Crippen LogP) is 3.67. The second kappa shape index (κ2) is 6.89. The van der Waals surface area contributed by atoms with E-state index in [4.69, 9.17) is 4.98 Å². The van der Waals surface area contributed by atoms with Crippen LogP contribution in [-0.4, -0.2) is 28.0 Å². The summed E-state index contributed by atoms with van der Waals surface area (Å²) in [5, 5.41) is 3.50. The van der Waals surface area contributed by atoms with Gasteiger partial charge >= 0.3 is 0 Å². The van der Waals surface area contributed by atoms with Gasteiger partial charge in [-0.2, -0.15) is 0 Å². The molecule has 1 fully saturated rings. The Bertz CT molecular complexity index is 796. The highest BCUT2D eigenvalue weighted by Crippen LogP contribution is 2.32. The minimum absolute atomic E-state index is 0.423. The fraction of sp³-hybridized carbons (Fsp3) is 0.250. The second-order valence-corrected chi connectivity index (χ2v) is 6.14. The number of rotatable bonds is 3. The molecular weight excluding hydrogens is 296 g/mol. The quantitative estimate of drug-likeness (QED) is 0.801. The van der Waals surface area contributed by atoms with Crippen molar-refractivity contribution < 1.29 is 0 Å². The molecule has 0 radical (unpaired) electrons. The molecule has 0 amide bonds. The highest BCUT2D eigenvalue weighted by Gasteiger charge is 2.21. The maximum Gasteiger partial charge on any atom is 0.159 e. The van der Waals surface area contributed by atoms with Crippen LogP contribution in [0.2, 0.25) is 0 Å². The van der Waals surface area contributed by atoms with Gasteiger partial charge in [0, 0.05) is 42.2 Å². The van der Waals surface area contributed by atoms with E-state index in [-0.39, 0.29) is 0 Å². The molecule has 0 saturated carbocycles. The first-order valence-corrected chi connectivity index (χ1v) is 8.45. The van der Waals surface area contributed by atoms with E-state index >= 15 is 0 Å². The van der Waals surface area contributed by atoms with Crippen LogP contribution in [0.1, 0.15) is 24.5 Å². The first kappa shape index (κ1) is 15.0. The Morgan fingerprint density at radius 1 is 0.958 bits per heavy atom. The summed E-state index contributed by atoms with van der Waals surface area (Å²) in [6.07, 6.45) is 7.96. The van der Waals surface area contributed by atoms with Gasteiger partial charge in [-0.05, 0) is 37.1 Å². The summed E-state index contributed by atoms with van der Waals surface area (Å²) in [5.41, 5.74) is 4.45. The average Bonchev–Trinajstić information content (AvgIpc) is 2.69. The Morgan fingerprint density at radius 3 is 2.54 bits per heavy atom. The van der Waals surface area contributed by atoms with Gasteiger partial charge in [-0.1, -0.05) is 30.3 Å². The highest BCUT2D eigenvalue weighted by molar-refractivity contribution is 5.67. The number of nitrogens with one attached hydrogen (secondary N) is 1. The topological polar surface area (TPSA) is 50.7 Å². The number of hydrogen-bond acceptors (Lipinski definition) is 4. The molecule has 24 heavy (non-hydrogen) atoms. The lowest BCUT2D eigenvalue weighted by atomic mass is 9.91. The van der Waals surface area contributed by atoms with Crippen molar-refractivity contribution in [3.8, 4) is 22.5 Å². The zero-order valence-electron chi connectivity index (χ0n) is 13.5. The maximum absolute atomic E-state index is 4.97. The standard InChI is InChI=1S/C20H20N4/c1-2-5-16(6-3-1)20-23-14-18(15-8-11-21-12-9-15)19(24-20)17-7-4-10-22-13-17/h1-3,5-6,8-9,11-12,14,17,22H,4,7,10,13H2/t17-/m0/s1. The lowest BCUT2D eigenvalue weighted by molar-refractivity contribution is 0.455. The molecule has 0 aliphatic carbocycles. The fourth-order valence-electron chi connectivity index (χ4n) is 3.27. The first-order chi connectivity index (χ1) is 11.9. The monoisotopic (exact) mass is 316 g/mol. The SMILES string of the molecule is c1ccc(-c2ncc(-c3ccncc3)c([C@H]3CCCNC3)n2)cc1. The first-order valence-electron chi connectivity index (χ1n) is 8.45. The molecule has 1 saturated heterocycles. The van der Waals surface area contributed by atoms with E-state index in [0.29, 0.717) is 5.92 Å². The highest BCUT2D eigenvalue weighted by atomic mass is 14.9. The number of nitrogens with zero attached hydrogens (tertiary/aromatic N) is 3. The van der Waals surface area contributed by atoms with Gasteiger partial charge in [0.05, 0.1) is 5.69 Å². The van der Waals surface area contributed by atoms with Crippen LogP contribution in [0.3, 0.4) is 0 Å². The summed E-state index contributed by atoms with van der Waals surface area (Å²) in [7, 11) is 0. The summed E-state index contributed by atoms with van der Waals surface area (Å²) in [6, 6.07) is 14.2. The van der Waals surface area contributed by atoms with Crippen molar-refractivity contribution >= 4 is 0 Å². The Morgan fingerprint density at radius 2 is 1.79 bits per heavy atom. The third-order valence-electron chi connectivity index (χ3n) is 4.53. The third kappa shape index (κ3) is 3.05. The number of pyridine rings is 1. The molecule has 1 atom stereocenters. The van der Waals surface area contributed by atoms with E-state index in [0.717, 1.165) is 47.7 Å². The summed E-state index contributed by atoms with van der Waals surface area (Å²) in [4.78, 5) is 13.7. The smallest absolute Gasteiger partial charge is 0.159 e. The van der Waals surface area contributed by atoms with Crippen LogP contribution in [0.15, 0.2) is 61.1 Å². The Kier molecular flexibility index (Phi) is 4.30. The molecule has 0 spiro atoms. The van der Waals surface area contributed by atoms with Crippen molar-refractivity contribution in [2.45, 2.75) is 18.8 Å². The third-order valence-corrected chi connectivity index (χ3v) is 4.53. The summed E-state index contributed by atoms with van der Waals surface area (Å²) in [6.45, 7) is 2.07. The van der Waals surface area contributed by atoms with Crippen LogP contribution in [0.5, 0.6) is 0 Å². The van der Waals surface area contributed by atoms with Gasteiger partial charge in [-0.25, -0.2) is 9.97 Å². The van der Waals surface area contributed by atoms with Gasteiger partial charge in [0.1, 0.15) is 0 Å². The summed E-state index contributed by atoms with van der Waals surface area (Å²) >= 11 is 0. The van der Waals surface area contributed by atoms with Crippen molar-refractivity contribution in [2.24, 2.45) is 0 Å². The molecule has 3 aromatic rings. The molecular formula is C20H20N4. The predicted molar refractivity (Wildman–Crippen MR) is 95.5 cm³/mol. The van der Waals surface area contributed by atoms with E-state index < -0.39 is 0 Å². The minimum Gasteiger partial charge on any atom is -0.316 e. The molecule has 120 valence electrons. The molecule has 1 N–H and O–H groups in total. The largest absolute Gasteiger partial charge is 0.316 e. The molecule has 3 heterocycles. The number of aromatic nitrogens is 3. The number of piperidine rings is 1. The fourth-order valence-corrected chi connectivity index (χ4v) is 3.27.